The van der Waals surface area contributed by atoms with Gasteiger partial charge in [0.1, 0.15) is 5.03 Å². The zero-order valence-electron chi connectivity index (χ0n) is 15.5. The molecule has 0 amide bonds. The third kappa shape index (κ3) is 4.16. The number of aromatic nitrogens is 1. The van der Waals surface area contributed by atoms with Crippen molar-refractivity contribution >= 4 is 29.5 Å². The maximum Gasteiger partial charge on any atom is 0.171 e. The highest BCUT2D eigenvalue weighted by Gasteiger charge is 2.33. The highest BCUT2D eigenvalue weighted by atomic mass is 32.2. The van der Waals surface area contributed by atoms with E-state index >= 15 is 0 Å². The Morgan fingerprint density at radius 1 is 0.852 bits per heavy atom. The van der Waals surface area contributed by atoms with Crippen LogP contribution >= 0.6 is 18.9 Å². The summed E-state index contributed by atoms with van der Waals surface area (Å²) in [5, 5.41) is 3.10. The predicted octanol–water partition coefficient (Wildman–Crippen LogP) is 6.00. The summed E-state index contributed by atoms with van der Waals surface area (Å²) in [7, 11) is -3.06. The van der Waals surface area contributed by atoms with Gasteiger partial charge in [-0.2, -0.15) is 0 Å². The van der Waals surface area contributed by atoms with Gasteiger partial charge in [-0.25, -0.2) is 4.98 Å². The summed E-state index contributed by atoms with van der Waals surface area (Å²) >= 11 is 1.52. The fourth-order valence-corrected chi connectivity index (χ4v) is 6.77. The molecule has 0 aliphatic rings. The first-order valence-corrected chi connectivity index (χ1v) is 11.2. The highest BCUT2D eigenvalue weighted by Crippen LogP contribution is 2.57. The molecule has 27 heavy (non-hydrogen) atoms. The van der Waals surface area contributed by atoms with Crippen LogP contribution in [-0.2, 0) is 4.57 Å². The molecule has 4 heteroatoms. The minimum Gasteiger partial charge on any atom is -0.309 e. The van der Waals surface area contributed by atoms with Gasteiger partial charge in [0.15, 0.2) is 7.14 Å². The third-order valence-corrected chi connectivity index (χ3v) is 8.68. The van der Waals surface area contributed by atoms with E-state index in [1.54, 1.807) is 6.20 Å². The van der Waals surface area contributed by atoms with Gasteiger partial charge in [0, 0.05) is 27.0 Å². The van der Waals surface area contributed by atoms with E-state index in [-0.39, 0.29) is 0 Å². The Kier molecular flexibility index (Phi) is 6.15. The summed E-state index contributed by atoms with van der Waals surface area (Å²) in [5.74, 6) is 0. The van der Waals surface area contributed by atoms with Crippen molar-refractivity contribution in [2.24, 2.45) is 0 Å². The first-order valence-electron chi connectivity index (χ1n) is 8.71. The zero-order valence-corrected chi connectivity index (χ0v) is 17.2. The number of pyridine rings is 1. The molecule has 0 spiro atoms. The van der Waals surface area contributed by atoms with Gasteiger partial charge in [-0.15, -0.1) is 0 Å². The van der Waals surface area contributed by atoms with Crippen LogP contribution < -0.4 is 10.6 Å². The molecule has 2 aromatic carbocycles. The molecule has 0 aliphatic heterocycles. The number of thioether (sulfide) groups is 1. The number of nitrogens with zero attached hydrogens (tertiary/aromatic N) is 1. The van der Waals surface area contributed by atoms with Gasteiger partial charge < -0.3 is 4.57 Å². The van der Waals surface area contributed by atoms with Crippen LogP contribution in [0.3, 0.4) is 0 Å². The Labute approximate surface area is 165 Å². The lowest BCUT2D eigenvalue weighted by molar-refractivity contribution is 0.591. The van der Waals surface area contributed by atoms with Gasteiger partial charge in [-0.1, -0.05) is 90.6 Å². The lowest BCUT2D eigenvalue weighted by Crippen LogP contribution is -2.17. The smallest absolute Gasteiger partial charge is 0.171 e. The number of hydrogen-bond acceptors (Lipinski definition) is 3. The Balaban J connectivity index is 2.13. The van der Waals surface area contributed by atoms with Crippen molar-refractivity contribution in [3.63, 3.8) is 0 Å². The average molecular weight is 391 g/mol. The van der Waals surface area contributed by atoms with E-state index in [4.69, 9.17) is 0 Å². The van der Waals surface area contributed by atoms with E-state index in [1.165, 1.54) is 11.8 Å². The van der Waals surface area contributed by atoms with Crippen LogP contribution in [0, 0.1) is 0 Å². The number of rotatable bonds is 6. The van der Waals surface area contributed by atoms with E-state index in [0.29, 0.717) is 5.31 Å². The molecular weight excluding hydrogens is 369 g/mol. The first kappa shape index (κ1) is 19.4. The first-order chi connectivity index (χ1) is 13.0. The van der Waals surface area contributed by atoms with E-state index in [9.17, 15) is 4.57 Å². The number of allylic oxidation sites excluding steroid dienone is 2. The zero-order chi connectivity index (χ0) is 19.3. The van der Waals surface area contributed by atoms with Crippen LogP contribution in [0.1, 0.15) is 13.8 Å². The Morgan fingerprint density at radius 2 is 1.37 bits per heavy atom. The lowest BCUT2D eigenvalue weighted by atomic mass is 10.3. The molecule has 1 aromatic heterocycles. The largest absolute Gasteiger partial charge is 0.309 e. The lowest BCUT2D eigenvalue weighted by Gasteiger charge is -2.24. The molecule has 0 radical (unpaired) electrons. The Bertz CT molecular complexity index is 951. The average Bonchev–Trinajstić information content (AvgIpc) is 2.72. The summed E-state index contributed by atoms with van der Waals surface area (Å²) in [6.45, 7) is 8.38. The van der Waals surface area contributed by atoms with Gasteiger partial charge >= 0.3 is 0 Å². The third-order valence-electron chi connectivity index (χ3n) is 4.18. The van der Waals surface area contributed by atoms with E-state index < -0.39 is 7.14 Å². The topological polar surface area (TPSA) is 30.0 Å². The SMILES string of the molecule is C=C(C(Sc1ccccn1)=C(C)C)P(=O)(c1ccccc1)c1ccccc1. The highest BCUT2D eigenvalue weighted by molar-refractivity contribution is 8.04. The molecule has 0 fully saturated rings. The molecule has 3 aromatic rings. The van der Waals surface area contributed by atoms with Crippen LogP contribution in [0.5, 0.6) is 0 Å². The molecular formula is C23H22NOPS. The molecule has 0 saturated heterocycles. The van der Waals surface area contributed by atoms with Gasteiger partial charge in [0.05, 0.1) is 0 Å². The van der Waals surface area contributed by atoms with Crippen LogP contribution in [0.2, 0.25) is 0 Å². The summed E-state index contributed by atoms with van der Waals surface area (Å²) in [5.41, 5.74) is 1.07. The van der Waals surface area contributed by atoms with E-state index in [2.05, 4.69) is 11.6 Å². The van der Waals surface area contributed by atoms with Gasteiger partial charge in [-0.05, 0) is 26.0 Å². The molecule has 3 rings (SSSR count). The second-order valence-corrected chi connectivity index (χ2v) is 10.1. The van der Waals surface area contributed by atoms with Crippen LogP contribution in [0.4, 0.5) is 0 Å². The minimum absolute atomic E-state index is 0.649. The number of benzene rings is 2. The van der Waals surface area contributed by atoms with Crippen LogP contribution in [0.25, 0.3) is 0 Å². The van der Waals surface area contributed by atoms with Crippen LogP contribution in [0.15, 0.2) is 112 Å². The standard InChI is InChI=1S/C23H22NOPS/c1-18(2)23(27-22-16-10-11-17-24-22)19(3)26(25,20-12-6-4-7-13-20)21-14-8-5-9-15-21/h4-17H,3H2,1-2H3. The normalized spacial score (nSPS) is 11.0. The predicted molar refractivity (Wildman–Crippen MR) is 117 cm³/mol. The molecule has 1 heterocycles. The maximum atomic E-state index is 14.5. The van der Waals surface area contributed by atoms with E-state index in [1.807, 2.05) is 92.7 Å². The Hall–Kier alpha value is -2.35. The molecule has 0 saturated carbocycles. The van der Waals surface area contributed by atoms with Gasteiger partial charge in [0.2, 0.25) is 0 Å². The summed E-state index contributed by atoms with van der Waals surface area (Å²) in [6, 6.07) is 25.1. The molecule has 0 atom stereocenters. The minimum atomic E-state index is -3.06. The molecule has 0 aliphatic carbocycles. The Morgan fingerprint density at radius 3 is 1.81 bits per heavy atom. The van der Waals surface area contributed by atoms with Crippen molar-refractivity contribution in [1.82, 2.24) is 4.98 Å². The van der Waals surface area contributed by atoms with Crippen molar-refractivity contribution in [3.8, 4) is 0 Å². The summed E-state index contributed by atoms with van der Waals surface area (Å²) in [6.07, 6.45) is 1.77. The van der Waals surface area contributed by atoms with Gasteiger partial charge in [-0.3, -0.25) is 0 Å². The molecule has 0 N–H and O–H groups in total. The molecule has 2 nitrogen and oxygen atoms in total. The molecule has 0 bridgehead atoms. The van der Waals surface area contributed by atoms with Crippen molar-refractivity contribution in [2.75, 3.05) is 0 Å². The van der Waals surface area contributed by atoms with Crippen molar-refractivity contribution in [3.05, 3.63) is 107 Å². The fraction of sp³-hybridized carbons (Fsp3) is 0.0870. The van der Waals surface area contributed by atoms with Crippen molar-refractivity contribution in [2.45, 2.75) is 18.9 Å². The second kappa shape index (κ2) is 8.56. The molecule has 136 valence electrons. The number of hydrogen-bond donors (Lipinski definition) is 0. The maximum absolute atomic E-state index is 14.5. The molecule has 0 unspecified atom stereocenters. The van der Waals surface area contributed by atoms with Crippen LogP contribution in [-0.4, -0.2) is 4.98 Å². The fourth-order valence-electron chi connectivity index (χ4n) is 2.84. The second-order valence-electron chi connectivity index (χ2n) is 6.33. The van der Waals surface area contributed by atoms with E-state index in [0.717, 1.165) is 26.1 Å². The van der Waals surface area contributed by atoms with Crippen molar-refractivity contribution in [1.29, 1.82) is 0 Å². The van der Waals surface area contributed by atoms with Gasteiger partial charge in [0.25, 0.3) is 0 Å². The quantitative estimate of drug-likeness (QED) is 0.293. The van der Waals surface area contributed by atoms with Crippen molar-refractivity contribution < 1.29 is 4.57 Å². The summed E-state index contributed by atoms with van der Waals surface area (Å²) in [4.78, 5) is 5.33. The summed E-state index contributed by atoms with van der Waals surface area (Å²) < 4.78 is 14.5. The monoisotopic (exact) mass is 391 g/mol.